The van der Waals surface area contributed by atoms with E-state index in [-0.39, 0.29) is 11.3 Å². The van der Waals surface area contributed by atoms with Gasteiger partial charge in [0, 0.05) is 30.8 Å². The van der Waals surface area contributed by atoms with Crippen molar-refractivity contribution in [3.05, 3.63) is 17.1 Å². The average Bonchev–Trinajstić information content (AvgIpc) is 3.09. The van der Waals surface area contributed by atoms with E-state index in [2.05, 4.69) is 51.4 Å². The highest BCUT2D eigenvalue weighted by atomic mass is 16.7. The Morgan fingerprint density at radius 2 is 1.82 bits per heavy atom. The molecular weight excluding hydrogens is 416 g/mol. The molecule has 186 valence electrons. The Balaban J connectivity index is 2.05. The van der Waals surface area contributed by atoms with Crippen LogP contribution in [-0.2, 0) is 27.4 Å². The zero-order chi connectivity index (χ0) is 24.4. The first-order valence-corrected chi connectivity index (χ1v) is 12.4. The molecule has 7 nitrogen and oxygen atoms in total. The molecule has 1 aliphatic rings. The van der Waals surface area contributed by atoms with E-state index >= 15 is 0 Å². The molecule has 0 aliphatic carbocycles. The quantitative estimate of drug-likeness (QED) is 0.524. The second-order valence-electron chi connectivity index (χ2n) is 10.9. The molecule has 1 atom stereocenters. The standard InChI is InChI=1S/C26H44N4O3/c1-10-12-20(25(5,6)7)28-24-22-23(17(3)18(4)27-24)30(21(29-22)16-31-11-2)13-19-14-32-26(8,9)33-15-19/h19-20H,10-16H2,1-9H3,(H,27,28). The van der Waals surface area contributed by atoms with Crippen LogP contribution in [0.1, 0.15) is 78.4 Å². The lowest BCUT2D eigenvalue weighted by atomic mass is 9.84. The smallest absolute Gasteiger partial charge is 0.162 e. The molecule has 7 heteroatoms. The predicted molar refractivity (Wildman–Crippen MR) is 134 cm³/mol. The largest absolute Gasteiger partial charge is 0.374 e. The van der Waals surface area contributed by atoms with Gasteiger partial charge in [-0.15, -0.1) is 0 Å². The molecule has 0 amide bonds. The predicted octanol–water partition coefficient (Wildman–Crippen LogP) is 5.61. The van der Waals surface area contributed by atoms with Crippen LogP contribution in [0, 0.1) is 25.2 Å². The Hall–Kier alpha value is -1.70. The Bertz CT molecular complexity index is 935. The van der Waals surface area contributed by atoms with E-state index < -0.39 is 5.79 Å². The maximum absolute atomic E-state index is 5.94. The number of ether oxygens (including phenoxy) is 3. The van der Waals surface area contributed by atoms with Crippen LogP contribution in [-0.4, -0.2) is 46.2 Å². The molecule has 1 aliphatic heterocycles. The number of rotatable bonds is 9. The molecule has 3 heterocycles. The first-order valence-electron chi connectivity index (χ1n) is 12.4. The van der Waals surface area contributed by atoms with E-state index in [0.29, 0.717) is 32.5 Å². The molecule has 0 radical (unpaired) electrons. The summed E-state index contributed by atoms with van der Waals surface area (Å²) in [5.74, 6) is 1.53. The molecule has 1 saturated heterocycles. The van der Waals surface area contributed by atoms with Gasteiger partial charge in [0.05, 0.1) is 18.7 Å². The molecule has 3 rings (SSSR count). The monoisotopic (exact) mass is 460 g/mol. The fourth-order valence-corrected chi connectivity index (χ4v) is 4.39. The van der Waals surface area contributed by atoms with Gasteiger partial charge in [-0.1, -0.05) is 34.1 Å². The average molecular weight is 461 g/mol. The Labute approximate surface area is 199 Å². The third kappa shape index (κ3) is 6.06. The van der Waals surface area contributed by atoms with E-state index in [4.69, 9.17) is 24.2 Å². The number of nitrogens with zero attached hydrogens (tertiary/aromatic N) is 3. The first-order chi connectivity index (χ1) is 15.5. The van der Waals surface area contributed by atoms with Crippen molar-refractivity contribution in [2.24, 2.45) is 11.3 Å². The summed E-state index contributed by atoms with van der Waals surface area (Å²) < 4.78 is 20.0. The number of pyridine rings is 1. The third-order valence-corrected chi connectivity index (χ3v) is 6.59. The van der Waals surface area contributed by atoms with Gasteiger partial charge in [-0.2, -0.15) is 0 Å². The number of hydrogen-bond donors (Lipinski definition) is 1. The van der Waals surface area contributed by atoms with Gasteiger partial charge in [0.15, 0.2) is 11.6 Å². The second kappa shape index (κ2) is 10.3. The summed E-state index contributed by atoms with van der Waals surface area (Å²) in [5, 5.41) is 3.76. The summed E-state index contributed by atoms with van der Waals surface area (Å²) in [5.41, 5.74) is 4.36. The Kier molecular flexibility index (Phi) is 8.07. The van der Waals surface area contributed by atoms with Crippen molar-refractivity contribution in [2.75, 3.05) is 25.1 Å². The minimum atomic E-state index is -0.517. The van der Waals surface area contributed by atoms with Crippen molar-refractivity contribution in [3.63, 3.8) is 0 Å². The van der Waals surface area contributed by atoms with Crippen molar-refractivity contribution in [2.45, 2.75) is 100 Å². The summed E-state index contributed by atoms with van der Waals surface area (Å²) in [7, 11) is 0. The lowest BCUT2D eigenvalue weighted by Crippen LogP contribution is -2.40. The van der Waals surface area contributed by atoms with Crippen LogP contribution in [0.2, 0.25) is 0 Å². The molecule has 1 unspecified atom stereocenters. The molecule has 2 aromatic rings. The number of aryl methyl sites for hydroxylation is 2. The molecule has 2 aromatic heterocycles. The van der Waals surface area contributed by atoms with Gasteiger partial charge in [0.2, 0.25) is 0 Å². The number of anilines is 1. The second-order valence-corrected chi connectivity index (χ2v) is 10.9. The molecule has 33 heavy (non-hydrogen) atoms. The van der Waals surface area contributed by atoms with Crippen molar-refractivity contribution in [1.29, 1.82) is 0 Å². The van der Waals surface area contributed by atoms with Gasteiger partial charge in [0.25, 0.3) is 0 Å². The Morgan fingerprint density at radius 3 is 2.39 bits per heavy atom. The van der Waals surface area contributed by atoms with E-state index in [1.807, 2.05) is 20.8 Å². The molecule has 0 saturated carbocycles. The van der Waals surface area contributed by atoms with Crippen LogP contribution < -0.4 is 5.32 Å². The maximum Gasteiger partial charge on any atom is 0.162 e. The number of nitrogens with one attached hydrogen (secondary N) is 1. The van der Waals surface area contributed by atoms with Crippen molar-refractivity contribution >= 4 is 16.9 Å². The summed E-state index contributed by atoms with van der Waals surface area (Å²) in [6, 6.07) is 0.308. The highest BCUT2D eigenvalue weighted by molar-refractivity contribution is 5.89. The summed E-state index contributed by atoms with van der Waals surface area (Å²) >= 11 is 0. The van der Waals surface area contributed by atoms with Gasteiger partial charge in [0.1, 0.15) is 17.9 Å². The Morgan fingerprint density at radius 1 is 1.15 bits per heavy atom. The first kappa shape index (κ1) is 25.9. The van der Waals surface area contributed by atoms with Gasteiger partial charge < -0.3 is 24.1 Å². The van der Waals surface area contributed by atoms with Gasteiger partial charge >= 0.3 is 0 Å². The molecule has 0 aromatic carbocycles. The number of imidazole rings is 1. The SMILES string of the molecule is CCCC(Nc1nc(C)c(C)c2c1nc(COCC)n2CC1COC(C)(C)OC1)C(C)(C)C. The lowest BCUT2D eigenvalue weighted by molar-refractivity contribution is -0.263. The summed E-state index contributed by atoms with van der Waals surface area (Å²) in [4.78, 5) is 10.0. The van der Waals surface area contributed by atoms with Crippen molar-refractivity contribution in [1.82, 2.24) is 14.5 Å². The highest BCUT2D eigenvalue weighted by Crippen LogP contribution is 2.33. The van der Waals surface area contributed by atoms with Crippen LogP contribution in [0.4, 0.5) is 5.82 Å². The van der Waals surface area contributed by atoms with Crippen LogP contribution in [0.15, 0.2) is 0 Å². The van der Waals surface area contributed by atoms with E-state index in [1.165, 1.54) is 0 Å². The molecule has 0 spiro atoms. The minimum absolute atomic E-state index is 0.114. The van der Waals surface area contributed by atoms with Crippen LogP contribution in [0.3, 0.4) is 0 Å². The molecule has 1 fully saturated rings. The van der Waals surface area contributed by atoms with E-state index in [9.17, 15) is 0 Å². The van der Waals surface area contributed by atoms with Crippen molar-refractivity contribution < 1.29 is 14.2 Å². The number of hydrogen-bond acceptors (Lipinski definition) is 6. The number of aromatic nitrogens is 3. The van der Waals surface area contributed by atoms with E-state index in [0.717, 1.165) is 53.3 Å². The lowest BCUT2D eigenvalue weighted by Gasteiger charge is -2.35. The fraction of sp³-hybridized carbons (Fsp3) is 0.769. The number of fused-ring (bicyclic) bond motifs is 1. The zero-order valence-electron chi connectivity index (χ0n) is 22.2. The fourth-order valence-electron chi connectivity index (χ4n) is 4.39. The zero-order valence-corrected chi connectivity index (χ0v) is 22.2. The third-order valence-electron chi connectivity index (χ3n) is 6.59. The van der Waals surface area contributed by atoms with Gasteiger partial charge in [-0.05, 0) is 52.0 Å². The molecule has 0 bridgehead atoms. The van der Waals surface area contributed by atoms with Crippen LogP contribution in [0.25, 0.3) is 11.0 Å². The summed E-state index contributed by atoms with van der Waals surface area (Å²) in [6.07, 6.45) is 2.20. The van der Waals surface area contributed by atoms with Crippen LogP contribution >= 0.6 is 0 Å². The van der Waals surface area contributed by atoms with Crippen molar-refractivity contribution in [3.8, 4) is 0 Å². The molecule has 1 N–H and O–H groups in total. The van der Waals surface area contributed by atoms with E-state index in [1.54, 1.807) is 0 Å². The normalized spacial score (nSPS) is 18.1. The van der Waals surface area contributed by atoms with Crippen LogP contribution in [0.5, 0.6) is 0 Å². The molecular formula is C26H44N4O3. The maximum atomic E-state index is 5.94. The summed E-state index contributed by atoms with van der Waals surface area (Å²) in [6.45, 7) is 22.5. The van der Waals surface area contributed by atoms with Gasteiger partial charge in [-0.3, -0.25) is 0 Å². The minimum Gasteiger partial charge on any atom is -0.374 e. The topological polar surface area (TPSA) is 70.4 Å². The van der Waals surface area contributed by atoms with Gasteiger partial charge in [-0.25, -0.2) is 9.97 Å². The highest BCUT2D eigenvalue weighted by Gasteiger charge is 2.31.